The van der Waals surface area contributed by atoms with Gasteiger partial charge in [0, 0.05) is 5.56 Å². The molecule has 0 saturated heterocycles. The number of aromatic nitrogens is 1. The van der Waals surface area contributed by atoms with Crippen LogP contribution >= 0.6 is 0 Å². The van der Waals surface area contributed by atoms with Gasteiger partial charge in [-0.3, -0.25) is 5.32 Å². The number of nitrogens with zero attached hydrogens (tertiary/aromatic N) is 1. The number of carbonyl (C=O) groups excluding carboxylic acids is 1. The van der Waals surface area contributed by atoms with E-state index in [0.717, 1.165) is 0 Å². The molecule has 100 valence electrons. The number of nitrogens with one attached hydrogen (secondary N) is 1. The molecule has 0 spiro atoms. The van der Waals surface area contributed by atoms with Crippen molar-refractivity contribution < 1.29 is 18.4 Å². The van der Waals surface area contributed by atoms with E-state index in [1.165, 1.54) is 12.3 Å². The Morgan fingerprint density at radius 3 is 2.84 bits per heavy atom. The van der Waals surface area contributed by atoms with Crippen LogP contribution in [0.4, 0.5) is 14.9 Å². The van der Waals surface area contributed by atoms with Crippen LogP contribution in [0.3, 0.4) is 0 Å². The van der Waals surface area contributed by atoms with E-state index < -0.39 is 18.0 Å². The lowest BCUT2D eigenvalue weighted by Crippen LogP contribution is -2.16. The first-order chi connectivity index (χ1) is 9.08. The molecule has 1 aromatic carbocycles. The second-order valence-corrected chi connectivity index (χ2v) is 4.01. The maximum atomic E-state index is 13.5. The molecule has 5 nitrogen and oxygen atoms in total. The van der Waals surface area contributed by atoms with E-state index in [1.807, 2.05) is 0 Å². The molecule has 0 unspecified atom stereocenters. The Labute approximate surface area is 109 Å². The van der Waals surface area contributed by atoms with Crippen molar-refractivity contribution in [3.63, 3.8) is 0 Å². The van der Waals surface area contributed by atoms with Crippen molar-refractivity contribution in [1.29, 1.82) is 0 Å². The van der Waals surface area contributed by atoms with E-state index in [9.17, 15) is 9.18 Å². The fraction of sp³-hybridized carbons (Fsp3) is 0.231. The molecule has 2 rings (SSSR count). The summed E-state index contributed by atoms with van der Waals surface area (Å²) in [6.45, 7) is 3.28. The van der Waals surface area contributed by atoms with Crippen molar-refractivity contribution in [2.24, 2.45) is 0 Å². The number of ether oxygens (including phenoxy) is 1. The van der Waals surface area contributed by atoms with E-state index in [4.69, 9.17) is 4.74 Å². The Kier molecular flexibility index (Phi) is 3.79. The van der Waals surface area contributed by atoms with Crippen LogP contribution in [0.15, 0.2) is 35.1 Å². The van der Waals surface area contributed by atoms with Crippen LogP contribution in [0.2, 0.25) is 0 Å². The lowest BCUT2D eigenvalue weighted by Gasteiger charge is -2.14. The summed E-state index contributed by atoms with van der Waals surface area (Å²) < 4.78 is 23.3. The summed E-state index contributed by atoms with van der Waals surface area (Å²) in [5.74, 6) is -0.413. The molecule has 0 aliphatic carbocycles. The molecule has 1 heterocycles. The Hall–Kier alpha value is -2.37. The minimum atomic E-state index is -0.693. The second-order valence-electron chi connectivity index (χ2n) is 4.01. The number of hydrogen-bond donors (Lipinski definition) is 1. The van der Waals surface area contributed by atoms with Gasteiger partial charge in [0.05, 0.1) is 0 Å². The van der Waals surface area contributed by atoms with Gasteiger partial charge >= 0.3 is 6.09 Å². The molecule has 1 amide bonds. The quantitative estimate of drug-likeness (QED) is 0.922. The number of benzene rings is 1. The van der Waals surface area contributed by atoms with Gasteiger partial charge in [-0.1, -0.05) is 23.4 Å². The first-order valence-electron chi connectivity index (χ1n) is 5.71. The molecular formula is C13H13FN2O3. The van der Waals surface area contributed by atoms with E-state index in [-0.39, 0.29) is 0 Å². The number of aryl methyl sites for hydroxylation is 1. The van der Waals surface area contributed by atoms with Crippen LogP contribution in [0.5, 0.6) is 0 Å². The Morgan fingerprint density at radius 2 is 2.21 bits per heavy atom. The smallest absolute Gasteiger partial charge is 0.412 e. The van der Waals surface area contributed by atoms with E-state index in [0.29, 0.717) is 16.9 Å². The summed E-state index contributed by atoms with van der Waals surface area (Å²) in [7, 11) is 0. The van der Waals surface area contributed by atoms with Crippen LogP contribution in [0, 0.1) is 12.7 Å². The van der Waals surface area contributed by atoms with Crippen molar-refractivity contribution in [2.45, 2.75) is 20.0 Å². The molecule has 0 saturated carbocycles. The van der Waals surface area contributed by atoms with Crippen LogP contribution in [-0.2, 0) is 4.74 Å². The molecule has 1 atom stereocenters. The van der Waals surface area contributed by atoms with E-state index in [2.05, 4.69) is 15.0 Å². The summed E-state index contributed by atoms with van der Waals surface area (Å²) in [6, 6.07) is 6.14. The lowest BCUT2D eigenvalue weighted by molar-refractivity contribution is 0.119. The summed E-state index contributed by atoms with van der Waals surface area (Å²) >= 11 is 0. The standard InChI is InChI=1S/C13H13FN2O3/c1-8-12(7-18-16-8)15-13(17)19-9(2)10-5-3-4-6-11(10)14/h3-7,9H,1-2H3,(H,15,17)/t9-/m1/s1. The fourth-order valence-corrected chi connectivity index (χ4v) is 1.58. The molecule has 19 heavy (non-hydrogen) atoms. The lowest BCUT2D eigenvalue weighted by atomic mass is 10.1. The predicted octanol–water partition coefficient (Wildman–Crippen LogP) is 3.43. The molecule has 0 fully saturated rings. The molecule has 0 aliphatic rings. The first-order valence-corrected chi connectivity index (χ1v) is 5.71. The van der Waals surface area contributed by atoms with Gasteiger partial charge in [-0.25, -0.2) is 9.18 Å². The SMILES string of the molecule is Cc1nocc1NC(=O)O[C@H](C)c1ccccc1F. The summed E-state index contributed by atoms with van der Waals surface area (Å²) in [5.41, 5.74) is 1.28. The summed E-state index contributed by atoms with van der Waals surface area (Å²) in [6.07, 6.45) is -0.0897. The first kappa shape index (κ1) is 13.1. The maximum absolute atomic E-state index is 13.5. The highest BCUT2D eigenvalue weighted by Gasteiger charge is 2.16. The molecule has 2 aromatic rings. The maximum Gasteiger partial charge on any atom is 0.412 e. The van der Waals surface area contributed by atoms with Crippen molar-refractivity contribution >= 4 is 11.8 Å². The molecule has 0 radical (unpaired) electrons. The van der Waals surface area contributed by atoms with E-state index in [1.54, 1.807) is 32.0 Å². The minimum absolute atomic E-state index is 0.319. The fourth-order valence-electron chi connectivity index (χ4n) is 1.58. The number of amides is 1. The van der Waals surface area contributed by atoms with Gasteiger partial charge in [-0.05, 0) is 19.9 Å². The van der Waals surface area contributed by atoms with Crippen LogP contribution < -0.4 is 5.32 Å². The van der Waals surface area contributed by atoms with Crippen molar-refractivity contribution in [2.75, 3.05) is 5.32 Å². The molecular weight excluding hydrogens is 251 g/mol. The highest BCUT2D eigenvalue weighted by atomic mass is 19.1. The zero-order chi connectivity index (χ0) is 13.8. The highest BCUT2D eigenvalue weighted by Crippen LogP contribution is 2.21. The number of hydrogen-bond acceptors (Lipinski definition) is 4. The average molecular weight is 264 g/mol. The van der Waals surface area contributed by atoms with Gasteiger partial charge < -0.3 is 9.26 Å². The Balaban J connectivity index is 2.00. The van der Waals surface area contributed by atoms with Gasteiger partial charge in [0.1, 0.15) is 29.6 Å². The minimum Gasteiger partial charge on any atom is -0.441 e. The van der Waals surface area contributed by atoms with Crippen LogP contribution in [0.25, 0.3) is 0 Å². The van der Waals surface area contributed by atoms with Gasteiger partial charge in [0.25, 0.3) is 0 Å². The summed E-state index contributed by atoms with van der Waals surface area (Å²) in [5, 5.41) is 6.09. The third kappa shape index (κ3) is 3.09. The van der Waals surface area contributed by atoms with Gasteiger partial charge in [-0.2, -0.15) is 0 Å². The van der Waals surface area contributed by atoms with Gasteiger partial charge in [-0.15, -0.1) is 0 Å². The second kappa shape index (κ2) is 5.51. The number of rotatable bonds is 3. The van der Waals surface area contributed by atoms with Crippen molar-refractivity contribution in [3.05, 3.63) is 47.6 Å². The van der Waals surface area contributed by atoms with E-state index >= 15 is 0 Å². The van der Waals surface area contributed by atoms with Gasteiger partial charge in [0.2, 0.25) is 0 Å². The molecule has 6 heteroatoms. The average Bonchev–Trinajstić information content (AvgIpc) is 2.75. The largest absolute Gasteiger partial charge is 0.441 e. The van der Waals surface area contributed by atoms with Crippen molar-refractivity contribution in [1.82, 2.24) is 5.16 Å². The number of anilines is 1. The molecule has 0 bridgehead atoms. The van der Waals surface area contributed by atoms with Crippen LogP contribution in [-0.4, -0.2) is 11.2 Å². The zero-order valence-electron chi connectivity index (χ0n) is 10.5. The van der Waals surface area contributed by atoms with Gasteiger partial charge in [0.15, 0.2) is 0 Å². The Morgan fingerprint density at radius 1 is 1.47 bits per heavy atom. The molecule has 1 aromatic heterocycles. The zero-order valence-corrected chi connectivity index (χ0v) is 10.5. The summed E-state index contributed by atoms with van der Waals surface area (Å²) in [4.78, 5) is 11.6. The monoisotopic (exact) mass is 264 g/mol. The van der Waals surface area contributed by atoms with Crippen LogP contribution in [0.1, 0.15) is 24.3 Å². The van der Waals surface area contributed by atoms with Crippen molar-refractivity contribution in [3.8, 4) is 0 Å². The topological polar surface area (TPSA) is 64.4 Å². The third-order valence-electron chi connectivity index (χ3n) is 2.61. The Bertz CT molecular complexity index is 583. The normalized spacial score (nSPS) is 11.9. The predicted molar refractivity (Wildman–Crippen MR) is 66.2 cm³/mol. The number of carbonyl (C=O) groups is 1. The highest BCUT2D eigenvalue weighted by molar-refractivity contribution is 5.85. The molecule has 0 aliphatic heterocycles. The third-order valence-corrected chi connectivity index (χ3v) is 2.61. The number of halogens is 1. The molecule has 1 N–H and O–H groups in total.